The number of amides is 3. The summed E-state index contributed by atoms with van der Waals surface area (Å²) in [6.07, 6.45) is 1.44. The molecule has 3 aromatic rings. The number of thiazole rings is 1. The Hall–Kier alpha value is -2.90. The fourth-order valence-corrected chi connectivity index (χ4v) is 4.41. The van der Waals surface area contributed by atoms with Gasteiger partial charge >= 0.3 is 6.03 Å². The molecule has 0 saturated carbocycles. The molecule has 1 aromatic heterocycles. The molecule has 3 amide bonds. The number of nitrogens with zero attached hydrogens (tertiary/aromatic N) is 3. The number of carbonyl (C=O) groups is 2. The van der Waals surface area contributed by atoms with Crippen LogP contribution in [0.15, 0.2) is 60.0 Å². The molecule has 1 aliphatic rings. The number of hydrogen-bond acceptors (Lipinski definition) is 4. The van der Waals surface area contributed by atoms with Crippen molar-refractivity contribution in [3.63, 3.8) is 0 Å². The van der Waals surface area contributed by atoms with Crippen LogP contribution in [0.4, 0.5) is 10.5 Å². The number of nitrogens with one attached hydrogen (secondary N) is 1. The summed E-state index contributed by atoms with van der Waals surface area (Å²) in [5.74, 6) is -0.0736. The maximum absolute atomic E-state index is 13.0. The van der Waals surface area contributed by atoms with Crippen LogP contribution in [0.5, 0.6) is 0 Å². The topological polar surface area (TPSA) is 65.5 Å². The first kappa shape index (κ1) is 21.3. The molecule has 31 heavy (non-hydrogen) atoms. The Labute approximate surface area is 190 Å². The average Bonchev–Trinajstić information content (AvgIpc) is 3.10. The Kier molecular flexibility index (Phi) is 6.84. The Balaban J connectivity index is 1.33. The van der Waals surface area contributed by atoms with Crippen LogP contribution in [-0.2, 0) is 6.42 Å². The molecule has 0 radical (unpaired) electrons. The second-order valence-corrected chi connectivity index (χ2v) is 8.74. The van der Waals surface area contributed by atoms with Gasteiger partial charge in [-0.2, -0.15) is 0 Å². The summed E-state index contributed by atoms with van der Waals surface area (Å²) < 4.78 is 0. The fraction of sp³-hybridized carbons (Fsp3) is 0.261. The van der Waals surface area contributed by atoms with Crippen molar-refractivity contribution in [1.29, 1.82) is 0 Å². The molecule has 160 valence electrons. The third-order valence-electron chi connectivity index (χ3n) is 5.13. The van der Waals surface area contributed by atoms with Crippen LogP contribution in [-0.4, -0.2) is 52.9 Å². The molecule has 0 bridgehead atoms. The van der Waals surface area contributed by atoms with Crippen molar-refractivity contribution >= 4 is 40.6 Å². The highest BCUT2D eigenvalue weighted by molar-refractivity contribution is 7.09. The Morgan fingerprint density at radius 2 is 1.68 bits per heavy atom. The highest BCUT2D eigenvalue weighted by Gasteiger charge is 2.24. The normalized spacial score (nSPS) is 14.2. The van der Waals surface area contributed by atoms with Crippen molar-refractivity contribution in [2.75, 3.05) is 31.5 Å². The lowest BCUT2D eigenvalue weighted by atomic mass is 10.2. The van der Waals surface area contributed by atoms with Gasteiger partial charge in [0, 0.05) is 48.7 Å². The van der Waals surface area contributed by atoms with Gasteiger partial charge in [0.25, 0.3) is 5.91 Å². The van der Waals surface area contributed by atoms with Crippen molar-refractivity contribution < 1.29 is 9.59 Å². The molecule has 1 saturated heterocycles. The molecule has 0 atom stereocenters. The van der Waals surface area contributed by atoms with E-state index in [9.17, 15) is 9.59 Å². The van der Waals surface area contributed by atoms with Crippen LogP contribution >= 0.6 is 22.9 Å². The second-order valence-electron chi connectivity index (χ2n) is 7.36. The van der Waals surface area contributed by atoms with E-state index in [-0.39, 0.29) is 11.9 Å². The molecular weight excluding hydrogens is 432 g/mol. The van der Waals surface area contributed by atoms with E-state index in [2.05, 4.69) is 22.4 Å². The first-order chi connectivity index (χ1) is 15.1. The molecule has 8 heteroatoms. The summed E-state index contributed by atoms with van der Waals surface area (Å²) in [6.45, 7) is 2.17. The molecule has 1 aliphatic heterocycles. The van der Waals surface area contributed by atoms with Gasteiger partial charge in [0.05, 0.1) is 5.01 Å². The first-order valence-electron chi connectivity index (χ1n) is 10.2. The summed E-state index contributed by atoms with van der Waals surface area (Å²) in [5, 5.41) is 6.26. The molecule has 1 fully saturated rings. The summed E-state index contributed by atoms with van der Waals surface area (Å²) in [5.41, 5.74) is 2.35. The van der Waals surface area contributed by atoms with Gasteiger partial charge in [-0.05, 0) is 36.2 Å². The molecular formula is C23H23ClN4O2S. The number of rotatable bonds is 4. The van der Waals surface area contributed by atoms with Crippen LogP contribution < -0.4 is 5.32 Å². The Bertz CT molecular complexity index is 1040. The quantitative estimate of drug-likeness (QED) is 0.617. The minimum Gasteiger partial charge on any atom is -0.335 e. The maximum atomic E-state index is 13.0. The van der Waals surface area contributed by atoms with Crippen molar-refractivity contribution in [3.8, 4) is 0 Å². The Morgan fingerprint density at radius 3 is 2.45 bits per heavy atom. The SMILES string of the molecule is O=C(Nc1ccc(Cl)cc1)N1CCCN(C(=O)c2csc(Cc3ccccc3)n2)CC1. The number of halogens is 1. The van der Waals surface area contributed by atoms with Gasteiger partial charge in [-0.3, -0.25) is 4.79 Å². The summed E-state index contributed by atoms with van der Waals surface area (Å²) in [7, 11) is 0. The zero-order valence-corrected chi connectivity index (χ0v) is 18.5. The molecule has 0 spiro atoms. The van der Waals surface area contributed by atoms with E-state index < -0.39 is 0 Å². The zero-order valence-electron chi connectivity index (χ0n) is 17.0. The standard InChI is InChI=1S/C23H23ClN4O2S/c24-18-7-9-19(10-8-18)25-23(30)28-12-4-11-27(13-14-28)22(29)20-16-31-21(26-20)15-17-5-2-1-3-6-17/h1-3,5-10,16H,4,11-15H2,(H,25,30). The molecule has 2 heterocycles. The van der Waals surface area contributed by atoms with Crippen LogP contribution in [0.25, 0.3) is 0 Å². The third-order valence-corrected chi connectivity index (χ3v) is 6.24. The first-order valence-corrected chi connectivity index (χ1v) is 11.4. The Morgan fingerprint density at radius 1 is 0.968 bits per heavy atom. The summed E-state index contributed by atoms with van der Waals surface area (Å²) in [6, 6.07) is 16.9. The zero-order chi connectivity index (χ0) is 21.6. The number of benzene rings is 2. The van der Waals surface area contributed by atoms with E-state index in [1.54, 1.807) is 34.1 Å². The van der Waals surface area contributed by atoms with E-state index in [4.69, 9.17) is 11.6 Å². The average molecular weight is 455 g/mol. The van der Waals surface area contributed by atoms with E-state index in [1.807, 2.05) is 23.6 Å². The van der Waals surface area contributed by atoms with Gasteiger partial charge in [-0.1, -0.05) is 41.9 Å². The minimum atomic E-state index is -0.171. The van der Waals surface area contributed by atoms with E-state index in [1.165, 1.54) is 16.9 Å². The van der Waals surface area contributed by atoms with Gasteiger partial charge in [0.15, 0.2) is 0 Å². The largest absolute Gasteiger partial charge is 0.335 e. The van der Waals surface area contributed by atoms with Gasteiger partial charge in [0.2, 0.25) is 0 Å². The number of aromatic nitrogens is 1. The number of carbonyl (C=O) groups excluding carboxylic acids is 2. The van der Waals surface area contributed by atoms with E-state index >= 15 is 0 Å². The van der Waals surface area contributed by atoms with Gasteiger partial charge in [-0.25, -0.2) is 9.78 Å². The third kappa shape index (κ3) is 5.62. The smallest absolute Gasteiger partial charge is 0.321 e. The number of urea groups is 1. The second kappa shape index (κ2) is 9.94. The van der Waals surface area contributed by atoms with Crippen molar-refractivity contribution in [2.24, 2.45) is 0 Å². The molecule has 1 N–H and O–H groups in total. The van der Waals surface area contributed by atoms with Crippen LogP contribution in [0.2, 0.25) is 5.02 Å². The molecule has 0 unspecified atom stereocenters. The lowest BCUT2D eigenvalue weighted by Crippen LogP contribution is -2.39. The highest BCUT2D eigenvalue weighted by atomic mass is 35.5. The fourth-order valence-electron chi connectivity index (χ4n) is 3.48. The van der Waals surface area contributed by atoms with E-state index in [0.717, 1.165) is 17.8 Å². The number of anilines is 1. The van der Waals surface area contributed by atoms with Crippen molar-refractivity contribution in [1.82, 2.24) is 14.8 Å². The molecule has 0 aliphatic carbocycles. The summed E-state index contributed by atoms with van der Waals surface area (Å²) in [4.78, 5) is 33.6. The molecule has 2 aromatic carbocycles. The van der Waals surface area contributed by atoms with Crippen LogP contribution in [0.1, 0.15) is 27.5 Å². The van der Waals surface area contributed by atoms with E-state index in [0.29, 0.717) is 42.6 Å². The van der Waals surface area contributed by atoms with Gasteiger partial charge in [-0.15, -0.1) is 11.3 Å². The monoisotopic (exact) mass is 454 g/mol. The predicted octanol–water partition coefficient (Wildman–Crippen LogP) is 4.77. The van der Waals surface area contributed by atoms with Crippen LogP contribution in [0, 0.1) is 0 Å². The van der Waals surface area contributed by atoms with Crippen molar-refractivity contribution in [3.05, 3.63) is 81.3 Å². The predicted molar refractivity (Wildman–Crippen MR) is 124 cm³/mol. The van der Waals surface area contributed by atoms with Crippen molar-refractivity contribution in [2.45, 2.75) is 12.8 Å². The van der Waals surface area contributed by atoms with Gasteiger partial charge < -0.3 is 15.1 Å². The maximum Gasteiger partial charge on any atom is 0.321 e. The highest BCUT2D eigenvalue weighted by Crippen LogP contribution is 2.18. The molecule has 4 rings (SSSR count). The molecule has 6 nitrogen and oxygen atoms in total. The lowest BCUT2D eigenvalue weighted by Gasteiger charge is -2.22. The summed E-state index contributed by atoms with van der Waals surface area (Å²) >= 11 is 7.40. The minimum absolute atomic E-state index is 0.0736. The lowest BCUT2D eigenvalue weighted by molar-refractivity contribution is 0.0757. The van der Waals surface area contributed by atoms with Gasteiger partial charge in [0.1, 0.15) is 5.69 Å². The van der Waals surface area contributed by atoms with Crippen LogP contribution in [0.3, 0.4) is 0 Å². The number of hydrogen-bond donors (Lipinski definition) is 1.